The number of hydrogen-bond acceptors (Lipinski definition) is 3. The van der Waals surface area contributed by atoms with Gasteiger partial charge in [-0.25, -0.2) is 0 Å². The first-order valence-electron chi connectivity index (χ1n) is 1.30. The van der Waals surface area contributed by atoms with E-state index in [-0.39, 0.29) is 12.4 Å². The molecule has 50 valence electrons. The molecule has 0 spiro atoms. The monoisotopic (exact) mass is 162 g/mol. The summed E-state index contributed by atoms with van der Waals surface area (Å²) < 4.78 is 32.9. The zero-order valence-electron chi connectivity index (χ0n) is 3.70. The molecule has 0 saturated carbocycles. The molecule has 0 aromatic carbocycles. The Kier molecular flexibility index (Phi) is 4.90. The first-order valence-corrected chi connectivity index (χ1v) is 2.61. The summed E-state index contributed by atoms with van der Waals surface area (Å²) in [6.45, 7) is 2.80. The van der Waals surface area contributed by atoms with Crippen molar-refractivity contribution in [1.29, 1.82) is 0 Å². The standard InChI is InChI=1S/C2H3FO3S.ClH/c1-2-6-7(3,4)5;/h2H,1H2;1H. The van der Waals surface area contributed by atoms with Crippen LogP contribution in [-0.4, -0.2) is 8.42 Å². The highest BCUT2D eigenvalue weighted by Gasteiger charge is 2.00. The first-order chi connectivity index (χ1) is 3.06. The fourth-order valence-electron chi connectivity index (χ4n) is 0.0813. The molecular weight excluding hydrogens is 159 g/mol. The van der Waals surface area contributed by atoms with E-state index in [9.17, 15) is 12.3 Å². The van der Waals surface area contributed by atoms with Crippen LogP contribution in [0.25, 0.3) is 0 Å². The van der Waals surface area contributed by atoms with Crippen LogP contribution in [0.1, 0.15) is 0 Å². The van der Waals surface area contributed by atoms with Crippen LogP contribution in [0.5, 0.6) is 0 Å². The fraction of sp³-hybridized carbons (Fsp3) is 0. The van der Waals surface area contributed by atoms with Gasteiger partial charge in [-0.15, -0.1) is 12.4 Å². The second kappa shape index (κ2) is 3.68. The molecule has 6 heteroatoms. The molecule has 0 atom stereocenters. The predicted octanol–water partition coefficient (Wildman–Crippen LogP) is 0.783. The molecule has 0 radical (unpaired) electrons. The van der Waals surface area contributed by atoms with Crippen molar-refractivity contribution in [1.82, 2.24) is 0 Å². The quantitative estimate of drug-likeness (QED) is 0.445. The highest BCUT2D eigenvalue weighted by atomic mass is 35.5. The van der Waals surface area contributed by atoms with Crippen LogP contribution < -0.4 is 0 Å². The van der Waals surface area contributed by atoms with Gasteiger partial charge in [-0.05, 0) is 0 Å². The van der Waals surface area contributed by atoms with Crippen LogP contribution in [0, 0.1) is 0 Å². The average molecular weight is 163 g/mol. The Balaban J connectivity index is 0. The maximum absolute atomic E-state index is 11.1. The minimum atomic E-state index is -4.79. The molecule has 0 aromatic rings. The Labute approximate surface area is 53.0 Å². The summed E-state index contributed by atoms with van der Waals surface area (Å²) in [4.78, 5) is 0. The molecule has 0 aromatic heterocycles. The Morgan fingerprint density at radius 3 is 2.00 bits per heavy atom. The summed E-state index contributed by atoms with van der Waals surface area (Å²) in [5, 5.41) is 0. The van der Waals surface area contributed by atoms with Crippen molar-refractivity contribution in [2.24, 2.45) is 0 Å². The zero-order valence-corrected chi connectivity index (χ0v) is 5.34. The molecule has 0 aliphatic rings. The molecule has 0 aliphatic carbocycles. The van der Waals surface area contributed by atoms with Crippen LogP contribution in [0.15, 0.2) is 12.8 Å². The van der Waals surface area contributed by atoms with Crippen LogP contribution in [-0.2, 0) is 14.7 Å². The van der Waals surface area contributed by atoms with Gasteiger partial charge in [0.15, 0.2) is 0 Å². The molecule has 0 amide bonds. The Morgan fingerprint density at radius 2 is 2.00 bits per heavy atom. The van der Waals surface area contributed by atoms with Crippen LogP contribution >= 0.6 is 12.4 Å². The lowest BCUT2D eigenvalue weighted by molar-refractivity contribution is 0.403. The maximum atomic E-state index is 11.1. The van der Waals surface area contributed by atoms with E-state index in [2.05, 4.69) is 10.8 Å². The largest absolute Gasteiger partial charge is 0.488 e. The van der Waals surface area contributed by atoms with E-state index in [0.717, 1.165) is 0 Å². The molecule has 0 fully saturated rings. The summed E-state index contributed by atoms with van der Waals surface area (Å²) >= 11 is 0. The first kappa shape index (κ1) is 10.6. The highest BCUT2D eigenvalue weighted by molar-refractivity contribution is 7.81. The SMILES string of the molecule is C=COS(=O)(=O)F.Cl. The molecule has 0 saturated heterocycles. The smallest absolute Gasteiger partial charge is 0.367 e. The van der Waals surface area contributed by atoms with Gasteiger partial charge < -0.3 is 4.18 Å². The third-order valence-corrected chi connectivity index (χ3v) is 0.549. The van der Waals surface area contributed by atoms with Gasteiger partial charge in [-0.3, -0.25) is 0 Å². The van der Waals surface area contributed by atoms with Crippen molar-refractivity contribution in [3.8, 4) is 0 Å². The van der Waals surface area contributed by atoms with Crippen molar-refractivity contribution >= 4 is 22.9 Å². The highest BCUT2D eigenvalue weighted by Crippen LogP contribution is 1.90. The lowest BCUT2D eigenvalue weighted by atomic mass is 11.2. The predicted molar refractivity (Wildman–Crippen MR) is 28.6 cm³/mol. The lowest BCUT2D eigenvalue weighted by Gasteiger charge is -1.83. The third-order valence-electron chi connectivity index (χ3n) is 0.183. The normalized spacial score (nSPS) is 9.12. The second-order valence-corrected chi connectivity index (χ2v) is 1.63. The maximum Gasteiger partial charge on any atom is 0.488 e. The third kappa shape index (κ3) is 9.20. The molecule has 0 rings (SSSR count). The number of hydrogen-bond donors (Lipinski definition) is 0. The van der Waals surface area contributed by atoms with E-state index in [4.69, 9.17) is 0 Å². The zero-order chi connectivity index (χ0) is 5.91. The lowest BCUT2D eigenvalue weighted by Crippen LogP contribution is -1.88. The molecule has 0 heterocycles. The average Bonchev–Trinajstić information content (AvgIpc) is 1.30. The van der Waals surface area contributed by atoms with Gasteiger partial charge in [-0.2, -0.15) is 8.42 Å². The minimum Gasteiger partial charge on any atom is -0.367 e. The van der Waals surface area contributed by atoms with Crippen molar-refractivity contribution in [2.45, 2.75) is 0 Å². The summed E-state index contributed by atoms with van der Waals surface area (Å²) in [5.74, 6) is 0. The topological polar surface area (TPSA) is 43.4 Å². The minimum absolute atomic E-state index is 0. The molecule has 0 aliphatic heterocycles. The summed E-state index contributed by atoms with van der Waals surface area (Å²) in [6, 6.07) is 0. The molecule has 0 bridgehead atoms. The van der Waals surface area contributed by atoms with Gasteiger partial charge in [0, 0.05) is 0 Å². The van der Waals surface area contributed by atoms with Crippen molar-refractivity contribution < 1.29 is 16.5 Å². The van der Waals surface area contributed by atoms with Gasteiger partial charge in [0.1, 0.15) is 6.26 Å². The Morgan fingerprint density at radius 1 is 1.62 bits per heavy atom. The van der Waals surface area contributed by atoms with Crippen LogP contribution in [0.2, 0.25) is 0 Å². The van der Waals surface area contributed by atoms with Crippen molar-refractivity contribution in [2.75, 3.05) is 0 Å². The molecule has 0 unspecified atom stereocenters. The van der Waals surface area contributed by atoms with E-state index in [1.807, 2.05) is 0 Å². The molecule has 8 heavy (non-hydrogen) atoms. The van der Waals surface area contributed by atoms with Crippen molar-refractivity contribution in [3.05, 3.63) is 12.8 Å². The second-order valence-electron chi connectivity index (χ2n) is 0.656. The van der Waals surface area contributed by atoms with E-state index < -0.39 is 10.5 Å². The number of rotatable bonds is 2. The van der Waals surface area contributed by atoms with Crippen molar-refractivity contribution in [3.63, 3.8) is 0 Å². The van der Waals surface area contributed by atoms with Crippen LogP contribution in [0.4, 0.5) is 3.89 Å². The van der Waals surface area contributed by atoms with Gasteiger partial charge in [0.25, 0.3) is 0 Å². The number of halogens is 2. The molecule has 0 N–H and O–H groups in total. The van der Waals surface area contributed by atoms with Crippen LogP contribution in [0.3, 0.4) is 0 Å². The Hall–Kier alpha value is -0.290. The fourth-order valence-corrected chi connectivity index (χ4v) is 0.244. The van der Waals surface area contributed by atoms with E-state index in [1.165, 1.54) is 0 Å². The van der Waals surface area contributed by atoms with E-state index in [0.29, 0.717) is 6.26 Å². The summed E-state index contributed by atoms with van der Waals surface area (Å²) in [6.07, 6.45) is 0.495. The van der Waals surface area contributed by atoms with Gasteiger partial charge in [0.05, 0.1) is 0 Å². The van der Waals surface area contributed by atoms with Gasteiger partial charge in [0.2, 0.25) is 0 Å². The van der Waals surface area contributed by atoms with Gasteiger partial charge in [-0.1, -0.05) is 10.5 Å². The van der Waals surface area contributed by atoms with Gasteiger partial charge >= 0.3 is 10.5 Å². The molecular formula is C2H4ClFO3S. The summed E-state index contributed by atoms with van der Waals surface area (Å²) in [7, 11) is -4.79. The van der Waals surface area contributed by atoms with E-state index in [1.54, 1.807) is 0 Å². The summed E-state index contributed by atoms with van der Waals surface area (Å²) in [5.41, 5.74) is 0. The van der Waals surface area contributed by atoms with E-state index >= 15 is 0 Å². The Bertz CT molecular complexity index is 151. The molecule has 3 nitrogen and oxygen atoms in total.